The summed E-state index contributed by atoms with van der Waals surface area (Å²) in [6.45, 7) is 4.91. The first kappa shape index (κ1) is 15.8. The first-order valence-electron chi connectivity index (χ1n) is 6.42. The highest BCUT2D eigenvalue weighted by molar-refractivity contribution is 6.34. The minimum atomic E-state index is -0.539. The van der Waals surface area contributed by atoms with Gasteiger partial charge in [-0.3, -0.25) is 4.79 Å². The van der Waals surface area contributed by atoms with E-state index in [1.54, 1.807) is 18.2 Å². The minimum Gasteiger partial charge on any atom is -0.396 e. The van der Waals surface area contributed by atoms with Crippen LogP contribution >= 0.6 is 11.6 Å². The molecule has 1 aromatic rings. The molecular weight excluding hydrogens is 264 g/mol. The Kier molecular flexibility index (Phi) is 5.63. The molecule has 0 aliphatic rings. The number of nitrogens with one attached hydrogen (secondary N) is 1. The lowest BCUT2D eigenvalue weighted by Gasteiger charge is -2.30. The summed E-state index contributed by atoms with van der Waals surface area (Å²) in [6, 6.07) is 5.04. The zero-order valence-corrected chi connectivity index (χ0v) is 12.1. The molecule has 0 heterocycles. The average Bonchev–Trinajstić information content (AvgIpc) is 2.40. The molecule has 0 fully saturated rings. The molecule has 106 valence electrons. The number of hydrogen-bond donors (Lipinski definition) is 3. The number of rotatable bonds is 7. The van der Waals surface area contributed by atoms with Crippen LogP contribution in [-0.2, 0) is 0 Å². The minimum absolute atomic E-state index is 0.130. The van der Waals surface area contributed by atoms with Crippen molar-refractivity contribution < 1.29 is 9.90 Å². The van der Waals surface area contributed by atoms with Crippen LogP contribution in [0.4, 0.5) is 5.69 Å². The summed E-state index contributed by atoms with van der Waals surface area (Å²) in [4.78, 5) is 11.1. The number of nitrogens with two attached hydrogens (primary N) is 1. The second-order valence-corrected chi connectivity index (χ2v) is 5.18. The predicted octanol–water partition coefficient (Wildman–Crippen LogP) is 2.65. The fraction of sp³-hybridized carbons (Fsp3) is 0.500. The van der Waals surface area contributed by atoms with Crippen LogP contribution in [0.15, 0.2) is 18.2 Å². The maximum atomic E-state index is 11.1. The van der Waals surface area contributed by atoms with Gasteiger partial charge in [-0.1, -0.05) is 25.4 Å². The molecule has 0 atom stereocenters. The van der Waals surface area contributed by atoms with Gasteiger partial charge in [0.05, 0.1) is 17.2 Å². The molecule has 1 rings (SSSR count). The van der Waals surface area contributed by atoms with Crippen molar-refractivity contribution in [3.05, 3.63) is 28.8 Å². The van der Waals surface area contributed by atoms with Gasteiger partial charge >= 0.3 is 0 Å². The van der Waals surface area contributed by atoms with Gasteiger partial charge in [0.15, 0.2) is 0 Å². The highest BCUT2D eigenvalue weighted by atomic mass is 35.5. The molecule has 0 aromatic heterocycles. The van der Waals surface area contributed by atoms with Crippen molar-refractivity contribution in [2.75, 3.05) is 18.5 Å². The lowest BCUT2D eigenvalue weighted by Crippen LogP contribution is -2.32. The maximum absolute atomic E-state index is 11.1. The first-order valence-corrected chi connectivity index (χ1v) is 6.80. The van der Waals surface area contributed by atoms with E-state index in [1.807, 2.05) is 0 Å². The Bertz CT molecular complexity index is 437. The van der Waals surface area contributed by atoms with E-state index in [-0.39, 0.29) is 12.0 Å². The molecule has 1 aromatic carbocycles. The van der Waals surface area contributed by atoms with E-state index in [4.69, 9.17) is 17.3 Å². The normalized spacial score (nSPS) is 11.4. The number of aliphatic hydroxyl groups is 1. The van der Waals surface area contributed by atoms with Gasteiger partial charge in [0.2, 0.25) is 5.91 Å². The van der Waals surface area contributed by atoms with Gasteiger partial charge in [-0.25, -0.2) is 0 Å². The summed E-state index contributed by atoms with van der Waals surface area (Å²) in [5.41, 5.74) is 6.19. The van der Waals surface area contributed by atoms with E-state index >= 15 is 0 Å². The molecule has 4 N–H and O–H groups in total. The number of halogens is 1. The number of carbonyl (C=O) groups excluding carboxylic acids is 1. The fourth-order valence-corrected chi connectivity index (χ4v) is 2.17. The van der Waals surface area contributed by atoms with Crippen LogP contribution in [0.25, 0.3) is 0 Å². The second-order valence-electron chi connectivity index (χ2n) is 4.78. The Morgan fingerprint density at radius 1 is 1.42 bits per heavy atom. The molecule has 0 saturated carbocycles. The number of aliphatic hydroxyl groups excluding tert-OH is 1. The Balaban J connectivity index is 2.78. The molecule has 0 aliphatic carbocycles. The maximum Gasteiger partial charge on any atom is 0.250 e. The summed E-state index contributed by atoms with van der Waals surface area (Å²) in [5, 5.41) is 13.1. The van der Waals surface area contributed by atoms with Gasteiger partial charge in [0, 0.05) is 17.6 Å². The SMILES string of the molecule is CCC(CC)(CO)CNc1ccc(C(N)=O)c(Cl)c1. The largest absolute Gasteiger partial charge is 0.396 e. The lowest BCUT2D eigenvalue weighted by molar-refractivity contribution is 0.100. The van der Waals surface area contributed by atoms with Crippen LogP contribution in [-0.4, -0.2) is 24.2 Å². The van der Waals surface area contributed by atoms with E-state index in [2.05, 4.69) is 19.2 Å². The lowest BCUT2D eigenvalue weighted by atomic mass is 9.83. The summed E-state index contributed by atoms with van der Waals surface area (Å²) in [6.07, 6.45) is 1.78. The summed E-state index contributed by atoms with van der Waals surface area (Å²) in [5.74, 6) is -0.539. The summed E-state index contributed by atoms with van der Waals surface area (Å²) >= 11 is 5.99. The van der Waals surface area contributed by atoms with Crippen LogP contribution in [0, 0.1) is 5.41 Å². The molecule has 19 heavy (non-hydrogen) atoms. The van der Waals surface area contributed by atoms with Gasteiger partial charge < -0.3 is 16.2 Å². The van der Waals surface area contributed by atoms with Crippen LogP contribution in [0.1, 0.15) is 37.0 Å². The highest BCUT2D eigenvalue weighted by Gasteiger charge is 2.24. The molecule has 1 amide bonds. The van der Waals surface area contributed by atoms with Crippen LogP contribution in [0.5, 0.6) is 0 Å². The Labute approximate surface area is 118 Å². The van der Waals surface area contributed by atoms with Gasteiger partial charge in [-0.15, -0.1) is 0 Å². The molecule has 0 radical (unpaired) electrons. The van der Waals surface area contributed by atoms with Crippen molar-refractivity contribution in [3.63, 3.8) is 0 Å². The Hall–Kier alpha value is -1.26. The van der Waals surface area contributed by atoms with Gasteiger partial charge in [0.25, 0.3) is 0 Å². The van der Waals surface area contributed by atoms with Crippen molar-refractivity contribution in [3.8, 4) is 0 Å². The number of benzene rings is 1. The van der Waals surface area contributed by atoms with E-state index in [0.29, 0.717) is 17.1 Å². The predicted molar refractivity (Wildman–Crippen MR) is 78.6 cm³/mol. The van der Waals surface area contributed by atoms with Crippen molar-refractivity contribution in [1.82, 2.24) is 0 Å². The third-order valence-corrected chi connectivity index (χ3v) is 4.05. The zero-order valence-electron chi connectivity index (χ0n) is 11.4. The molecular formula is C14H21ClN2O2. The molecule has 0 unspecified atom stereocenters. The van der Waals surface area contributed by atoms with Crippen molar-refractivity contribution in [1.29, 1.82) is 0 Å². The van der Waals surface area contributed by atoms with Crippen LogP contribution < -0.4 is 11.1 Å². The molecule has 5 heteroatoms. The standard InChI is InChI=1S/C14H21ClN2O2/c1-3-14(4-2,9-18)8-17-10-5-6-11(13(16)19)12(15)7-10/h5-7,17-18H,3-4,8-9H2,1-2H3,(H2,16,19). The topological polar surface area (TPSA) is 75.3 Å². The van der Waals surface area contributed by atoms with Crippen LogP contribution in [0.3, 0.4) is 0 Å². The number of carbonyl (C=O) groups is 1. The summed E-state index contributed by atoms with van der Waals surface area (Å²) < 4.78 is 0. The molecule has 0 spiro atoms. The second kappa shape index (κ2) is 6.78. The molecule has 0 saturated heterocycles. The Morgan fingerprint density at radius 2 is 2.05 bits per heavy atom. The van der Waals surface area contributed by atoms with Gasteiger partial charge in [-0.05, 0) is 31.0 Å². The monoisotopic (exact) mass is 284 g/mol. The first-order chi connectivity index (χ1) is 8.98. The third-order valence-electron chi connectivity index (χ3n) is 3.74. The van der Waals surface area contributed by atoms with Gasteiger partial charge in [-0.2, -0.15) is 0 Å². The number of hydrogen-bond acceptors (Lipinski definition) is 3. The van der Waals surface area contributed by atoms with Crippen molar-refractivity contribution in [2.24, 2.45) is 11.1 Å². The van der Waals surface area contributed by atoms with E-state index in [1.165, 1.54) is 0 Å². The van der Waals surface area contributed by atoms with Crippen molar-refractivity contribution >= 4 is 23.2 Å². The number of anilines is 1. The number of amides is 1. The zero-order chi connectivity index (χ0) is 14.5. The third kappa shape index (κ3) is 3.85. The summed E-state index contributed by atoms with van der Waals surface area (Å²) in [7, 11) is 0. The van der Waals surface area contributed by atoms with Crippen molar-refractivity contribution in [2.45, 2.75) is 26.7 Å². The van der Waals surface area contributed by atoms with E-state index in [0.717, 1.165) is 18.5 Å². The quantitative estimate of drug-likeness (QED) is 0.720. The number of primary amides is 1. The average molecular weight is 285 g/mol. The van der Waals surface area contributed by atoms with E-state index < -0.39 is 5.91 Å². The van der Waals surface area contributed by atoms with E-state index in [9.17, 15) is 9.90 Å². The highest BCUT2D eigenvalue weighted by Crippen LogP contribution is 2.27. The smallest absolute Gasteiger partial charge is 0.250 e. The fourth-order valence-electron chi connectivity index (χ4n) is 1.89. The van der Waals surface area contributed by atoms with Gasteiger partial charge in [0.1, 0.15) is 0 Å². The van der Waals surface area contributed by atoms with Crippen LogP contribution in [0.2, 0.25) is 5.02 Å². The molecule has 4 nitrogen and oxygen atoms in total. The Morgan fingerprint density at radius 3 is 2.47 bits per heavy atom. The molecule has 0 bridgehead atoms. The molecule has 0 aliphatic heterocycles.